The Bertz CT molecular complexity index is 730. The minimum Gasteiger partial charge on any atom is -0.422 e. The van der Waals surface area contributed by atoms with Crippen LogP contribution in [0, 0.1) is 0 Å². The SMILES string of the molecule is CS(=O)c1ccc(/C=C2\OC(=O)c3ccccc32)cc1. The first-order valence-electron chi connectivity index (χ1n) is 6.12. The van der Waals surface area contributed by atoms with Gasteiger partial charge in [0.2, 0.25) is 0 Å². The molecule has 1 heterocycles. The van der Waals surface area contributed by atoms with E-state index in [1.807, 2.05) is 48.5 Å². The molecule has 100 valence electrons. The monoisotopic (exact) mass is 284 g/mol. The van der Waals surface area contributed by atoms with Crippen molar-refractivity contribution in [1.82, 2.24) is 0 Å². The number of fused-ring (bicyclic) bond motifs is 1. The smallest absolute Gasteiger partial charge is 0.344 e. The Labute approximate surface area is 119 Å². The molecular weight excluding hydrogens is 272 g/mol. The van der Waals surface area contributed by atoms with E-state index in [4.69, 9.17) is 4.74 Å². The molecule has 2 aromatic rings. The number of rotatable bonds is 2. The highest BCUT2D eigenvalue weighted by molar-refractivity contribution is 7.84. The van der Waals surface area contributed by atoms with E-state index in [1.54, 1.807) is 12.3 Å². The maximum Gasteiger partial charge on any atom is 0.344 e. The van der Waals surface area contributed by atoms with Crippen molar-refractivity contribution < 1.29 is 13.7 Å². The lowest BCUT2D eigenvalue weighted by molar-refractivity contribution is 0.0717. The summed E-state index contributed by atoms with van der Waals surface area (Å²) in [6.45, 7) is 0. The molecule has 0 amide bonds. The Morgan fingerprint density at radius 1 is 1.00 bits per heavy atom. The highest BCUT2D eigenvalue weighted by Crippen LogP contribution is 2.30. The van der Waals surface area contributed by atoms with Crippen LogP contribution in [-0.2, 0) is 15.5 Å². The van der Waals surface area contributed by atoms with Gasteiger partial charge in [-0.3, -0.25) is 4.21 Å². The van der Waals surface area contributed by atoms with E-state index in [2.05, 4.69) is 0 Å². The van der Waals surface area contributed by atoms with Crippen molar-refractivity contribution in [2.45, 2.75) is 4.90 Å². The van der Waals surface area contributed by atoms with Gasteiger partial charge in [0.1, 0.15) is 5.76 Å². The van der Waals surface area contributed by atoms with Crippen LogP contribution in [0.25, 0.3) is 11.8 Å². The fourth-order valence-electron chi connectivity index (χ4n) is 2.10. The van der Waals surface area contributed by atoms with Gasteiger partial charge in [-0.05, 0) is 29.8 Å². The molecule has 0 fully saturated rings. The molecule has 1 aliphatic heterocycles. The van der Waals surface area contributed by atoms with E-state index in [0.717, 1.165) is 16.0 Å². The fourth-order valence-corrected chi connectivity index (χ4v) is 2.62. The second kappa shape index (κ2) is 5.06. The van der Waals surface area contributed by atoms with Gasteiger partial charge in [0.15, 0.2) is 0 Å². The summed E-state index contributed by atoms with van der Waals surface area (Å²) in [6.07, 6.45) is 3.45. The highest BCUT2D eigenvalue weighted by Gasteiger charge is 2.25. The average molecular weight is 284 g/mol. The molecule has 0 spiro atoms. The van der Waals surface area contributed by atoms with Crippen LogP contribution in [0.4, 0.5) is 0 Å². The summed E-state index contributed by atoms with van der Waals surface area (Å²) < 4.78 is 16.6. The molecule has 0 N–H and O–H groups in total. The second-order valence-corrected chi connectivity index (χ2v) is 5.85. The molecule has 3 nitrogen and oxygen atoms in total. The first-order chi connectivity index (χ1) is 9.65. The van der Waals surface area contributed by atoms with Gasteiger partial charge in [-0.2, -0.15) is 0 Å². The van der Waals surface area contributed by atoms with Gasteiger partial charge in [0, 0.05) is 27.5 Å². The van der Waals surface area contributed by atoms with Crippen LogP contribution in [0.3, 0.4) is 0 Å². The number of carbonyl (C=O) groups excluding carboxylic acids is 1. The summed E-state index contributed by atoms with van der Waals surface area (Å²) in [4.78, 5) is 12.5. The first kappa shape index (κ1) is 12.8. The van der Waals surface area contributed by atoms with Crippen LogP contribution in [0.5, 0.6) is 0 Å². The zero-order valence-electron chi connectivity index (χ0n) is 10.8. The maximum absolute atomic E-state index is 11.7. The minimum absolute atomic E-state index is 0.321. The zero-order valence-corrected chi connectivity index (χ0v) is 11.6. The van der Waals surface area contributed by atoms with Crippen LogP contribution < -0.4 is 0 Å². The number of ether oxygens (including phenoxy) is 1. The van der Waals surface area contributed by atoms with Gasteiger partial charge < -0.3 is 4.74 Å². The normalized spacial score (nSPS) is 16.9. The summed E-state index contributed by atoms with van der Waals surface area (Å²) in [5.41, 5.74) is 2.30. The van der Waals surface area contributed by atoms with Crippen LogP contribution in [0.2, 0.25) is 0 Å². The second-order valence-electron chi connectivity index (χ2n) is 4.47. The molecule has 20 heavy (non-hydrogen) atoms. The lowest BCUT2D eigenvalue weighted by Crippen LogP contribution is -1.92. The Balaban J connectivity index is 1.98. The Hall–Kier alpha value is -2.20. The summed E-state index contributed by atoms with van der Waals surface area (Å²) in [5.74, 6) is 0.231. The number of carbonyl (C=O) groups is 1. The van der Waals surface area contributed by atoms with Crippen molar-refractivity contribution >= 4 is 28.6 Å². The minimum atomic E-state index is -0.989. The molecule has 0 radical (unpaired) electrons. The molecule has 1 unspecified atom stereocenters. The standard InChI is InChI=1S/C16H12O3S/c1-20(18)12-8-6-11(7-9-12)10-15-13-4-2-3-5-14(13)16(17)19-15/h2-10H,1H3/b15-10-. The third kappa shape index (κ3) is 2.30. The van der Waals surface area contributed by atoms with Gasteiger partial charge in [-0.25, -0.2) is 4.79 Å². The lowest BCUT2D eigenvalue weighted by Gasteiger charge is -2.00. The molecule has 0 aliphatic carbocycles. The van der Waals surface area contributed by atoms with Gasteiger partial charge in [-0.15, -0.1) is 0 Å². The van der Waals surface area contributed by atoms with Crippen molar-refractivity contribution in [3.8, 4) is 0 Å². The Morgan fingerprint density at radius 2 is 1.65 bits per heavy atom. The van der Waals surface area contributed by atoms with Gasteiger partial charge in [0.05, 0.1) is 5.56 Å². The maximum atomic E-state index is 11.7. The lowest BCUT2D eigenvalue weighted by atomic mass is 10.1. The van der Waals surface area contributed by atoms with E-state index in [0.29, 0.717) is 11.3 Å². The number of hydrogen-bond acceptors (Lipinski definition) is 3. The molecule has 4 heteroatoms. The van der Waals surface area contributed by atoms with Crippen molar-refractivity contribution in [3.63, 3.8) is 0 Å². The number of cyclic esters (lactones) is 1. The third-order valence-corrected chi connectivity index (χ3v) is 4.06. The van der Waals surface area contributed by atoms with Crippen LogP contribution in [0.1, 0.15) is 21.5 Å². The summed E-state index contributed by atoms with van der Waals surface area (Å²) in [6, 6.07) is 14.6. The summed E-state index contributed by atoms with van der Waals surface area (Å²) in [5, 5.41) is 0. The van der Waals surface area contributed by atoms with Crippen molar-refractivity contribution in [2.75, 3.05) is 6.26 Å². The molecule has 0 saturated heterocycles. The van der Waals surface area contributed by atoms with E-state index in [1.165, 1.54) is 0 Å². The van der Waals surface area contributed by atoms with E-state index in [9.17, 15) is 9.00 Å². The van der Waals surface area contributed by atoms with Crippen molar-refractivity contribution in [2.24, 2.45) is 0 Å². The number of esters is 1. The van der Waals surface area contributed by atoms with E-state index >= 15 is 0 Å². The number of benzene rings is 2. The Morgan fingerprint density at radius 3 is 2.30 bits per heavy atom. The summed E-state index contributed by atoms with van der Waals surface area (Å²) in [7, 11) is -0.989. The third-order valence-electron chi connectivity index (χ3n) is 3.12. The average Bonchev–Trinajstić information content (AvgIpc) is 2.77. The van der Waals surface area contributed by atoms with Gasteiger partial charge in [0.25, 0.3) is 0 Å². The predicted molar refractivity (Wildman–Crippen MR) is 78.5 cm³/mol. The van der Waals surface area contributed by atoms with Crippen molar-refractivity contribution in [1.29, 1.82) is 0 Å². The first-order valence-corrected chi connectivity index (χ1v) is 7.68. The fraction of sp³-hybridized carbons (Fsp3) is 0.0625. The quantitative estimate of drug-likeness (QED) is 0.796. The van der Waals surface area contributed by atoms with Crippen LogP contribution in [0.15, 0.2) is 53.4 Å². The molecule has 0 aromatic heterocycles. The van der Waals surface area contributed by atoms with Crippen LogP contribution >= 0.6 is 0 Å². The topological polar surface area (TPSA) is 43.4 Å². The van der Waals surface area contributed by atoms with E-state index < -0.39 is 10.8 Å². The highest BCUT2D eigenvalue weighted by atomic mass is 32.2. The molecule has 1 atom stereocenters. The Kier molecular flexibility index (Phi) is 3.24. The molecule has 0 bridgehead atoms. The summed E-state index contributed by atoms with van der Waals surface area (Å²) >= 11 is 0. The van der Waals surface area contributed by atoms with Gasteiger partial charge in [-0.1, -0.05) is 30.3 Å². The molecule has 0 saturated carbocycles. The largest absolute Gasteiger partial charge is 0.422 e. The predicted octanol–water partition coefficient (Wildman–Crippen LogP) is 3.09. The van der Waals surface area contributed by atoms with E-state index in [-0.39, 0.29) is 5.97 Å². The molecule has 3 rings (SSSR count). The molecular formula is C16H12O3S. The molecule has 1 aliphatic rings. The number of hydrogen-bond donors (Lipinski definition) is 0. The van der Waals surface area contributed by atoms with Crippen molar-refractivity contribution in [3.05, 3.63) is 65.2 Å². The molecule has 2 aromatic carbocycles. The van der Waals surface area contributed by atoms with Gasteiger partial charge >= 0.3 is 5.97 Å². The zero-order chi connectivity index (χ0) is 14.1. The van der Waals surface area contributed by atoms with Crippen LogP contribution in [-0.4, -0.2) is 16.4 Å².